The van der Waals surface area contributed by atoms with Crippen molar-refractivity contribution in [2.45, 2.75) is 43.3 Å². The molecule has 1 aromatic carbocycles. The third-order valence-corrected chi connectivity index (χ3v) is 6.05. The van der Waals surface area contributed by atoms with Crippen LogP contribution >= 0.6 is 23.4 Å². The molecule has 0 aromatic heterocycles. The Morgan fingerprint density at radius 1 is 1.43 bits per heavy atom. The summed E-state index contributed by atoms with van der Waals surface area (Å²) in [6.07, 6.45) is 4.32. The maximum Gasteiger partial charge on any atom is 0.240 e. The van der Waals surface area contributed by atoms with Crippen LogP contribution in [0.4, 0.5) is 0 Å². The molecule has 1 saturated carbocycles. The number of hydrogen-bond acceptors (Lipinski definition) is 4. The SMILES string of the molecule is CSCC(C)NS(=O)(=O)c1ccc(Cl)c(CNC2CC2)c1. The highest BCUT2D eigenvalue weighted by molar-refractivity contribution is 7.98. The normalized spacial score (nSPS) is 16.9. The Bertz CT molecular complexity index is 589. The average Bonchev–Trinajstić information content (AvgIpc) is 3.21. The number of sulfonamides is 1. The summed E-state index contributed by atoms with van der Waals surface area (Å²) in [5.41, 5.74) is 0.823. The summed E-state index contributed by atoms with van der Waals surface area (Å²) in [6.45, 7) is 2.47. The van der Waals surface area contributed by atoms with E-state index in [1.165, 1.54) is 12.8 Å². The van der Waals surface area contributed by atoms with Crippen molar-refractivity contribution in [3.63, 3.8) is 0 Å². The molecule has 4 nitrogen and oxygen atoms in total. The summed E-state index contributed by atoms with van der Waals surface area (Å²) < 4.78 is 27.4. The lowest BCUT2D eigenvalue weighted by Gasteiger charge is -2.14. The first kappa shape index (κ1) is 17.1. The van der Waals surface area contributed by atoms with Crippen LogP contribution in [0.5, 0.6) is 0 Å². The van der Waals surface area contributed by atoms with Gasteiger partial charge in [0.1, 0.15) is 0 Å². The van der Waals surface area contributed by atoms with Gasteiger partial charge >= 0.3 is 0 Å². The van der Waals surface area contributed by atoms with Crippen molar-refractivity contribution in [1.82, 2.24) is 10.0 Å². The molecular formula is C14H21ClN2O2S2. The Labute approximate surface area is 136 Å². The van der Waals surface area contributed by atoms with Gasteiger partial charge in [0.15, 0.2) is 0 Å². The van der Waals surface area contributed by atoms with Gasteiger partial charge in [-0.1, -0.05) is 11.6 Å². The molecule has 0 saturated heterocycles. The highest BCUT2D eigenvalue weighted by Gasteiger charge is 2.22. The van der Waals surface area contributed by atoms with Crippen LogP contribution < -0.4 is 10.0 Å². The minimum atomic E-state index is -3.49. The van der Waals surface area contributed by atoms with Crippen molar-refractivity contribution in [1.29, 1.82) is 0 Å². The zero-order valence-corrected chi connectivity index (χ0v) is 14.6. The van der Waals surface area contributed by atoms with Crippen molar-refractivity contribution in [3.05, 3.63) is 28.8 Å². The number of halogens is 1. The van der Waals surface area contributed by atoms with Crippen LogP contribution in [0.3, 0.4) is 0 Å². The molecule has 0 spiro atoms. The van der Waals surface area contributed by atoms with E-state index in [4.69, 9.17) is 11.6 Å². The molecule has 0 heterocycles. The van der Waals surface area contributed by atoms with Crippen molar-refractivity contribution in [3.8, 4) is 0 Å². The second-order valence-corrected chi connectivity index (χ2v) is 8.42. The lowest BCUT2D eigenvalue weighted by atomic mass is 10.2. The molecular weight excluding hydrogens is 328 g/mol. The number of benzene rings is 1. The monoisotopic (exact) mass is 348 g/mol. The topological polar surface area (TPSA) is 58.2 Å². The fourth-order valence-electron chi connectivity index (χ4n) is 2.01. The predicted octanol–water partition coefficient (Wildman–Crippen LogP) is 2.62. The van der Waals surface area contributed by atoms with Gasteiger partial charge in [-0.2, -0.15) is 11.8 Å². The summed E-state index contributed by atoms with van der Waals surface area (Å²) in [6, 6.07) is 5.32. The van der Waals surface area contributed by atoms with Crippen molar-refractivity contribution in [2.24, 2.45) is 0 Å². The lowest BCUT2D eigenvalue weighted by Crippen LogP contribution is -2.34. The molecule has 118 valence electrons. The number of nitrogens with one attached hydrogen (secondary N) is 2. The van der Waals surface area contributed by atoms with Gasteiger partial charge in [0.25, 0.3) is 0 Å². The molecule has 1 aromatic rings. The highest BCUT2D eigenvalue weighted by Crippen LogP contribution is 2.23. The quantitative estimate of drug-likeness (QED) is 0.758. The van der Waals surface area contributed by atoms with E-state index in [1.807, 2.05) is 13.2 Å². The fraction of sp³-hybridized carbons (Fsp3) is 0.571. The van der Waals surface area contributed by atoms with E-state index < -0.39 is 10.0 Å². The minimum Gasteiger partial charge on any atom is -0.310 e. The van der Waals surface area contributed by atoms with Gasteiger partial charge in [-0.05, 0) is 49.8 Å². The van der Waals surface area contributed by atoms with Gasteiger partial charge in [0, 0.05) is 29.4 Å². The summed E-state index contributed by atoms with van der Waals surface area (Å²) in [5, 5.41) is 3.95. The van der Waals surface area contributed by atoms with Gasteiger partial charge in [-0.25, -0.2) is 13.1 Å². The Morgan fingerprint density at radius 2 is 2.14 bits per heavy atom. The van der Waals surface area contributed by atoms with Gasteiger partial charge < -0.3 is 5.32 Å². The third-order valence-electron chi connectivity index (χ3n) is 3.26. The van der Waals surface area contributed by atoms with Crippen LogP contribution in [0.15, 0.2) is 23.1 Å². The smallest absolute Gasteiger partial charge is 0.240 e. The predicted molar refractivity (Wildman–Crippen MR) is 89.5 cm³/mol. The van der Waals surface area contributed by atoms with Crippen LogP contribution in [0.2, 0.25) is 5.02 Å². The van der Waals surface area contributed by atoms with Crippen LogP contribution in [0, 0.1) is 0 Å². The van der Waals surface area contributed by atoms with Gasteiger partial charge in [0.05, 0.1) is 4.90 Å². The molecule has 1 unspecified atom stereocenters. The standard InChI is InChI=1S/C14H21ClN2O2S2/c1-10(9-20-2)17-21(18,19)13-5-6-14(15)11(7-13)8-16-12-3-4-12/h5-7,10,12,16-17H,3-4,8-9H2,1-2H3. The number of hydrogen-bond donors (Lipinski definition) is 2. The zero-order valence-electron chi connectivity index (χ0n) is 12.2. The molecule has 1 atom stereocenters. The van der Waals surface area contributed by atoms with Gasteiger partial charge in [-0.15, -0.1) is 0 Å². The summed E-state index contributed by atoms with van der Waals surface area (Å²) >= 11 is 7.76. The molecule has 0 radical (unpaired) electrons. The van der Waals surface area contributed by atoms with Crippen molar-refractivity contribution < 1.29 is 8.42 Å². The number of rotatable bonds is 8. The van der Waals surface area contributed by atoms with Crippen molar-refractivity contribution in [2.75, 3.05) is 12.0 Å². The molecule has 0 aliphatic heterocycles. The Balaban J connectivity index is 2.12. The van der Waals surface area contributed by atoms with E-state index in [2.05, 4.69) is 10.0 Å². The minimum absolute atomic E-state index is 0.103. The third kappa shape index (κ3) is 5.14. The molecule has 2 rings (SSSR count). The molecule has 1 aliphatic carbocycles. The Kier molecular flexibility index (Phi) is 5.96. The summed E-state index contributed by atoms with van der Waals surface area (Å²) in [7, 11) is -3.49. The van der Waals surface area contributed by atoms with Gasteiger partial charge in [-0.3, -0.25) is 0 Å². The number of thioether (sulfide) groups is 1. The van der Waals surface area contributed by atoms with Crippen LogP contribution in [-0.2, 0) is 16.6 Å². The largest absolute Gasteiger partial charge is 0.310 e. The van der Waals surface area contributed by atoms with E-state index in [0.29, 0.717) is 17.6 Å². The fourth-order valence-corrected chi connectivity index (χ4v) is 4.18. The first-order valence-corrected chi connectivity index (χ1v) is 10.2. The highest BCUT2D eigenvalue weighted by atomic mass is 35.5. The van der Waals surface area contributed by atoms with E-state index in [1.54, 1.807) is 30.0 Å². The van der Waals surface area contributed by atoms with Gasteiger partial charge in [0.2, 0.25) is 10.0 Å². The van der Waals surface area contributed by atoms with Crippen LogP contribution in [0.1, 0.15) is 25.3 Å². The second-order valence-electron chi connectivity index (χ2n) is 5.39. The van der Waals surface area contributed by atoms with Crippen LogP contribution in [-0.4, -0.2) is 32.5 Å². The summed E-state index contributed by atoms with van der Waals surface area (Å²) in [5.74, 6) is 0.739. The molecule has 1 fully saturated rings. The molecule has 0 bridgehead atoms. The van der Waals surface area contributed by atoms with E-state index >= 15 is 0 Å². The second kappa shape index (κ2) is 7.33. The Hall–Kier alpha value is -0.270. The zero-order chi connectivity index (χ0) is 15.5. The first-order valence-electron chi connectivity index (χ1n) is 6.95. The molecule has 2 N–H and O–H groups in total. The van der Waals surface area contributed by atoms with E-state index in [9.17, 15) is 8.42 Å². The van der Waals surface area contributed by atoms with Crippen LogP contribution in [0.25, 0.3) is 0 Å². The maximum absolute atomic E-state index is 12.3. The van der Waals surface area contributed by atoms with E-state index in [-0.39, 0.29) is 10.9 Å². The molecule has 7 heteroatoms. The molecule has 0 amide bonds. The molecule has 1 aliphatic rings. The Morgan fingerprint density at radius 3 is 2.76 bits per heavy atom. The maximum atomic E-state index is 12.3. The molecule has 21 heavy (non-hydrogen) atoms. The first-order chi connectivity index (χ1) is 9.92. The van der Waals surface area contributed by atoms with E-state index in [0.717, 1.165) is 11.3 Å². The average molecular weight is 349 g/mol. The lowest BCUT2D eigenvalue weighted by molar-refractivity contribution is 0.571. The van der Waals surface area contributed by atoms with Crippen molar-refractivity contribution >= 4 is 33.4 Å². The summed E-state index contributed by atoms with van der Waals surface area (Å²) in [4.78, 5) is 0.271.